The number of ether oxygens (including phenoxy) is 1. The summed E-state index contributed by atoms with van der Waals surface area (Å²) < 4.78 is 10.9. The molecule has 0 radical (unpaired) electrons. The summed E-state index contributed by atoms with van der Waals surface area (Å²) in [6, 6.07) is 8.61. The molecule has 3 aromatic rings. The molecule has 0 spiro atoms. The van der Waals surface area contributed by atoms with E-state index in [1.54, 1.807) is 31.2 Å². The van der Waals surface area contributed by atoms with Gasteiger partial charge >= 0.3 is 0 Å². The molecule has 0 unspecified atom stereocenters. The van der Waals surface area contributed by atoms with E-state index in [4.69, 9.17) is 14.5 Å². The Bertz CT molecular complexity index is 1030. The van der Waals surface area contributed by atoms with Crippen molar-refractivity contribution in [3.8, 4) is 17.5 Å². The third kappa shape index (κ3) is 2.98. The number of nitriles is 1. The van der Waals surface area contributed by atoms with Gasteiger partial charge in [-0.2, -0.15) is 10.2 Å². The van der Waals surface area contributed by atoms with Crippen LogP contribution in [0.1, 0.15) is 32.2 Å². The second-order valence-electron chi connectivity index (χ2n) is 5.80. The van der Waals surface area contributed by atoms with Gasteiger partial charge in [0.1, 0.15) is 5.00 Å². The molecule has 1 N–H and O–H groups in total. The predicted octanol–water partition coefficient (Wildman–Crippen LogP) is 3.30. The molecular weight excluding hydrogens is 352 g/mol. The Hall–Kier alpha value is -3.02. The highest BCUT2D eigenvalue weighted by Crippen LogP contribution is 2.42. The van der Waals surface area contributed by atoms with Gasteiger partial charge in [-0.25, -0.2) is 0 Å². The number of thiophene rings is 1. The zero-order chi connectivity index (χ0) is 18.1. The lowest BCUT2D eigenvalue weighted by molar-refractivity contribution is 0.102. The fourth-order valence-corrected chi connectivity index (χ4v) is 4.02. The van der Waals surface area contributed by atoms with Gasteiger partial charge in [-0.05, 0) is 37.1 Å². The maximum atomic E-state index is 12.7. The van der Waals surface area contributed by atoms with Gasteiger partial charge in [-0.15, -0.1) is 11.3 Å². The summed E-state index contributed by atoms with van der Waals surface area (Å²) in [5.74, 6) is 0.632. The Morgan fingerprint density at radius 2 is 2.31 bits per heavy atom. The molecule has 1 aliphatic heterocycles. The molecule has 0 aliphatic carbocycles. The number of carbonyl (C=O) groups excluding carboxylic acids is 1. The van der Waals surface area contributed by atoms with E-state index in [9.17, 15) is 4.79 Å². The number of carbonyl (C=O) groups is 1. The van der Waals surface area contributed by atoms with Crippen LogP contribution in [0.5, 0.6) is 0 Å². The van der Waals surface area contributed by atoms with Crippen LogP contribution in [0, 0.1) is 18.3 Å². The van der Waals surface area contributed by atoms with Gasteiger partial charge in [-0.3, -0.25) is 4.79 Å². The molecular formula is C18H14N4O3S. The number of aromatic nitrogens is 2. The van der Waals surface area contributed by atoms with Crippen molar-refractivity contribution in [3.05, 3.63) is 51.7 Å². The molecule has 3 heterocycles. The Morgan fingerprint density at radius 3 is 3.08 bits per heavy atom. The van der Waals surface area contributed by atoms with Crippen molar-refractivity contribution in [2.24, 2.45) is 0 Å². The number of amides is 1. The summed E-state index contributed by atoms with van der Waals surface area (Å²) in [6.45, 7) is 2.86. The van der Waals surface area contributed by atoms with E-state index in [2.05, 4.69) is 15.5 Å². The molecule has 26 heavy (non-hydrogen) atoms. The first-order chi connectivity index (χ1) is 12.7. The lowest BCUT2D eigenvalue weighted by atomic mass is 10.1. The maximum Gasteiger partial charge on any atom is 0.261 e. The van der Waals surface area contributed by atoms with Crippen LogP contribution in [-0.2, 0) is 17.8 Å². The number of benzene rings is 1. The van der Waals surface area contributed by atoms with E-state index < -0.39 is 0 Å². The minimum absolute atomic E-state index is 0.292. The number of anilines is 1. The number of nitrogens with zero attached hydrogens (tertiary/aromatic N) is 3. The maximum absolute atomic E-state index is 12.7. The normalized spacial score (nSPS) is 13.1. The van der Waals surface area contributed by atoms with E-state index in [1.165, 1.54) is 11.3 Å². The highest BCUT2D eigenvalue weighted by molar-refractivity contribution is 7.17. The van der Waals surface area contributed by atoms with Gasteiger partial charge in [0, 0.05) is 10.4 Å². The SMILES string of the molecule is Cc1noc(-c2c(NC(=O)c3cccc(C#N)c3)sc3c2CCOC3)n1. The zero-order valence-corrected chi connectivity index (χ0v) is 14.7. The molecule has 1 aliphatic rings. The summed E-state index contributed by atoms with van der Waals surface area (Å²) in [5, 5.41) is 16.5. The van der Waals surface area contributed by atoms with Crippen molar-refractivity contribution in [1.82, 2.24) is 10.1 Å². The van der Waals surface area contributed by atoms with E-state index >= 15 is 0 Å². The predicted molar refractivity (Wildman–Crippen MR) is 94.8 cm³/mol. The third-order valence-corrected chi connectivity index (χ3v) is 5.16. The minimum Gasteiger partial charge on any atom is -0.376 e. The van der Waals surface area contributed by atoms with Crippen LogP contribution >= 0.6 is 11.3 Å². The monoisotopic (exact) mass is 366 g/mol. The summed E-state index contributed by atoms with van der Waals surface area (Å²) in [7, 11) is 0. The smallest absolute Gasteiger partial charge is 0.261 e. The van der Waals surface area contributed by atoms with E-state index in [0.29, 0.717) is 41.1 Å². The number of fused-ring (bicyclic) bond motifs is 1. The second kappa shape index (κ2) is 6.71. The van der Waals surface area contributed by atoms with Crippen LogP contribution in [0.4, 0.5) is 5.00 Å². The first-order valence-electron chi connectivity index (χ1n) is 8.00. The quantitative estimate of drug-likeness (QED) is 0.763. The summed E-state index contributed by atoms with van der Waals surface area (Å²) in [5.41, 5.74) is 2.69. The van der Waals surface area contributed by atoms with Gasteiger partial charge in [0.2, 0.25) is 0 Å². The molecule has 1 amide bonds. The Morgan fingerprint density at radius 1 is 1.42 bits per heavy atom. The van der Waals surface area contributed by atoms with Crippen LogP contribution in [0.2, 0.25) is 0 Å². The van der Waals surface area contributed by atoms with Crippen LogP contribution < -0.4 is 5.32 Å². The number of hydrogen-bond donors (Lipinski definition) is 1. The Labute approximate surface area is 153 Å². The van der Waals surface area contributed by atoms with E-state index in [1.807, 2.05) is 6.07 Å². The van der Waals surface area contributed by atoms with Gasteiger partial charge < -0.3 is 14.6 Å². The average Bonchev–Trinajstić information content (AvgIpc) is 3.24. The Balaban J connectivity index is 1.73. The zero-order valence-electron chi connectivity index (χ0n) is 13.9. The molecule has 130 valence electrons. The first kappa shape index (κ1) is 16.4. The highest BCUT2D eigenvalue weighted by Gasteiger charge is 2.27. The van der Waals surface area contributed by atoms with Crippen molar-refractivity contribution in [2.75, 3.05) is 11.9 Å². The molecule has 0 atom stereocenters. The van der Waals surface area contributed by atoms with Crippen LogP contribution in [0.25, 0.3) is 11.5 Å². The molecule has 0 bridgehead atoms. The highest BCUT2D eigenvalue weighted by atomic mass is 32.1. The first-order valence-corrected chi connectivity index (χ1v) is 8.82. The molecule has 0 fully saturated rings. The number of nitrogens with one attached hydrogen (secondary N) is 1. The van der Waals surface area contributed by atoms with Crippen molar-refractivity contribution >= 4 is 22.2 Å². The fraction of sp³-hybridized carbons (Fsp3) is 0.222. The van der Waals surface area contributed by atoms with Gasteiger partial charge in [0.25, 0.3) is 11.8 Å². The van der Waals surface area contributed by atoms with Crippen molar-refractivity contribution in [2.45, 2.75) is 20.0 Å². The standard InChI is InChI=1S/C18H14N4O3S/c1-10-20-17(25-22-10)15-13-5-6-24-9-14(13)26-18(15)21-16(23)12-4-2-3-11(7-12)8-19/h2-4,7H,5-6,9H2,1H3,(H,21,23). The molecule has 7 nitrogen and oxygen atoms in total. The summed E-state index contributed by atoms with van der Waals surface area (Å²) in [4.78, 5) is 18.0. The molecule has 8 heteroatoms. The second-order valence-corrected chi connectivity index (χ2v) is 6.91. The molecule has 0 saturated heterocycles. The molecule has 2 aromatic heterocycles. The summed E-state index contributed by atoms with van der Waals surface area (Å²) in [6.07, 6.45) is 0.725. The van der Waals surface area contributed by atoms with Crippen LogP contribution in [-0.4, -0.2) is 22.7 Å². The fourth-order valence-electron chi connectivity index (χ4n) is 2.85. The van der Waals surface area contributed by atoms with E-state index in [-0.39, 0.29) is 5.91 Å². The Kier molecular flexibility index (Phi) is 4.24. The van der Waals surface area contributed by atoms with Crippen LogP contribution in [0.15, 0.2) is 28.8 Å². The number of rotatable bonds is 3. The lowest BCUT2D eigenvalue weighted by Crippen LogP contribution is -2.12. The molecule has 4 rings (SSSR count). The lowest BCUT2D eigenvalue weighted by Gasteiger charge is -2.12. The van der Waals surface area contributed by atoms with Crippen molar-refractivity contribution < 1.29 is 14.1 Å². The van der Waals surface area contributed by atoms with Gasteiger partial charge in [0.05, 0.1) is 30.4 Å². The van der Waals surface area contributed by atoms with Crippen LogP contribution in [0.3, 0.4) is 0 Å². The van der Waals surface area contributed by atoms with E-state index in [0.717, 1.165) is 22.4 Å². The average molecular weight is 366 g/mol. The number of aryl methyl sites for hydroxylation is 1. The third-order valence-electron chi connectivity index (χ3n) is 4.04. The minimum atomic E-state index is -0.292. The molecule has 1 aromatic carbocycles. The van der Waals surface area contributed by atoms with Crippen molar-refractivity contribution in [1.29, 1.82) is 5.26 Å². The van der Waals surface area contributed by atoms with Crippen molar-refractivity contribution in [3.63, 3.8) is 0 Å². The summed E-state index contributed by atoms with van der Waals surface area (Å²) >= 11 is 1.45. The number of hydrogen-bond acceptors (Lipinski definition) is 7. The largest absolute Gasteiger partial charge is 0.376 e. The van der Waals surface area contributed by atoms with Gasteiger partial charge in [0.15, 0.2) is 5.82 Å². The topological polar surface area (TPSA) is 101 Å². The molecule has 0 saturated carbocycles. The van der Waals surface area contributed by atoms with Gasteiger partial charge in [-0.1, -0.05) is 11.2 Å².